The third-order valence-electron chi connectivity index (χ3n) is 2.38. The number of ether oxygens (including phenoxy) is 1. The van der Waals surface area contributed by atoms with Crippen LogP contribution in [0.1, 0.15) is 11.3 Å². The van der Waals surface area contributed by atoms with Crippen molar-refractivity contribution < 1.29 is 17.9 Å². The molecular formula is C12H10F3N2O. The van der Waals surface area contributed by atoms with Crippen molar-refractivity contribution in [3.63, 3.8) is 0 Å². The Morgan fingerprint density at radius 2 is 2.06 bits per heavy atom. The van der Waals surface area contributed by atoms with Crippen LogP contribution in [0.5, 0.6) is 0 Å². The Bertz CT molecular complexity index is 534. The first-order valence-corrected chi connectivity index (χ1v) is 5.14. The fourth-order valence-corrected chi connectivity index (χ4v) is 1.64. The van der Waals surface area contributed by atoms with E-state index < -0.39 is 11.7 Å². The third kappa shape index (κ3) is 2.38. The summed E-state index contributed by atoms with van der Waals surface area (Å²) in [6.45, 7) is 0.145. The van der Waals surface area contributed by atoms with Crippen molar-refractivity contribution in [1.29, 1.82) is 0 Å². The highest BCUT2D eigenvalue weighted by molar-refractivity contribution is 5.43. The van der Waals surface area contributed by atoms with Gasteiger partial charge in [-0.1, -0.05) is 12.1 Å². The minimum Gasteiger partial charge on any atom is -0.378 e. The van der Waals surface area contributed by atoms with E-state index in [4.69, 9.17) is 4.74 Å². The van der Waals surface area contributed by atoms with E-state index in [-0.39, 0.29) is 12.3 Å². The summed E-state index contributed by atoms with van der Waals surface area (Å²) in [4.78, 5) is 0. The number of halogens is 3. The molecule has 6 heteroatoms. The van der Waals surface area contributed by atoms with E-state index in [0.29, 0.717) is 5.69 Å². The van der Waals surface area contributed by atoms with Gasteiger partial charge in [-0.05, 0) is 12.1 Å². The van der Waals surface area contributed by atoms with E-state index in [2.05, 4.69) is 11.2 Å². The number of hydrogen-bond donors (Lipinski definition) is 0. The second-order valence-corrected chi connectivity index (χ2v) is 3.60. The van der Waals surface area contributed by atoms with E-state index in [9.17, 15) is 13.2 Å². The largest absolute Gasteiger partial charge is 0.418 e. The fourth-order valence-electron chi connectivity index (χ4n) is 1.64. The molecule has 0 N–H and O–H groups in total. The molecule has 1 heterocycles. The summed E-state index contributed by atoms with van der Waals surface area (Å²) in [7, 11) is 1.46. The van der Waals surface area contributed by atoms with Gasteiger partial charge < -0.3 is 4.74 Å². The molecule has 18 heavy (non-hydrogen) atoms. The molecule has 0 aliphatic rings. The van der Waals surface area contributed by atoms with Crippen molar-refractivity contribution in [2.45, 2.75) is 12.8 Å². The highest BCUT2D eigenvalue weighted by atomic mass is 19.4. The molecule has 0 aliphatic carbocycles. The summed E-state index contributed by atoms with van der Waals surface area (Å²) in [5, 5.41) is 3.86. The predicted molar refractivity (Wildman–Crippen MR) is 58.1 cm³/mol. The molecule has 2 aromatic rings. The van der Waals surface area contributed by atoms with Crippen molar-refractivity contribution in [1.82, 2.24) is 9.78 Å². The van der Waals surface area contributed by atoms with Crippen LogP contribution < -0.4 is 0 Å². The van der Waals surface area contributed by atoms with Crippen LogP contribution >= 0.6 is 0 Å². The monoisotopic (exact) mass is 255 g/mol. The Morgan fingerprint density at radius 1 is 1.33 bits per heavy atom. The first kappa shape index (κ1) is 12.6. The van der Waals surface area contributed by atoms with E-state index in [0.717, 1.165) is 6.07 Å². The van der Waals surface area contributed by atoms with Crippen LogP contribution in [0.3, 0.4) is 0 Å². The number of para-hydroxylation sites is 1. The van der Waals surface area contributed by atoms with Crippen molar-refractivity contribution in [3.05, 3.63) is 47.8 Å². The zero-order valence-corrected chi connectivity index (χ0v) is 9.53. The molecule has 1 radical (unpaired) electrons. The minimum absolute atomic E-state index is 0.0294. The number of aromatic nitrogens is 2. The Hall–Kier alpha value is -1.82. The number of benzene rings is 1. The first-order chi connectivity index (χ1) is 8.54. The molecule has 2 rings (SSSR count). The second-order valence-electron chi connectivity index (χ2n) is 3.60. The average molecular weight is 255 g/mol. The van der Waals surface area contributed by atoms with Gasteiger partial charge in [0.05, 0.1) is 29.7 Å². The molecule has 0 spiro atoms. The molecule has 95 valence electrons. The third-order valence-corrected chi connectivity index (χ3v) is 2.38. The molecule has 1 aromatic heterocycles. The molecule has 0 saturated carbocycles. The lowest BCUT2D eigenvalue weighted by molar-refractivity contribution is -0.137. The molecule has 3 nitrogen and oxygen atoms in total. The highest BCUT2D eigenvalue weighted by Crippen LogP contribution is 2.33. The van der Waals surface area contributed by atoms with Gasteiger partial charge in [-0.25, -0.2) is 4.68 Å². The van der Waals surface area contributed by atoms with Crippen LogP contribution in [-0.4, -0.2) is 16.9 Å². The van der Waals surface area contributed by atoms with Crippen LogP contribution in [0.4, 0.5) is 13.2 Å². The lowest BCUT2D eigenvalue weighted by atomic mass is 10.1. The number of alkyl halides is 3. The van der Waals surface area contributed by atoms with Crippen LogP contribution in [0.15, 0.2) is 30.5 Å². The molecule has 1 aromatic carbocycles. The van der Waals surface area contributed by atoms with E-state index in [1.807, 2.05) is 0 Å². The van der Waals surface area contributed by atoms with Crippen molar-refractivity contribution in [2.75, 3.05) is 7.11 Å². The van der Waals surface area contributed by atoms with Crippen molar-refractivity contribution >= 4 is 0 Å². The summed E-state index contributed by atoms with van der Waals surface area (Å²) in [5.41, 5.74) is -0.327. The minimum atomic E-state index is -4.42. The quantitative estimate of drug-likeness (QED) is 0.843. The number of rotatable bonds is 3. The van der Waals surface area contributed by atoms with Gasteiger partial charge in [0.25, 0.3) is 0 Å². The first-order valence-electron chi connectivity index (χ1n) is 5.14. The Kier molecular flexibility index (Phi) is 3.38. The molecule has 0 fully saturated rings. The Morgan fingerprint density at radius 3 is 2.72 bits per heavy atom. The van der Waals surface area contributed by atoms with Gasteiger partial charge in [0, 0.05) is 13.2 Å². The fraction of sp³-hybridized carbons (Fsp3) is 0.250. The lowest BCUT2D eigenvalue weighted by Gasteiger charge is -2.14. The molecule has 0 unspecified atom stereocenters. The van der Waals surface area contributed by atoms with Crippen molar-refractivity contribution in [2.24, 2.45) is 0 Å². The topological polar surface area (TPSA) is 27.1 Å². The number of methoxy groups -OCH3 is 1. The van der Waals surface area contributed by atoms with Gasteiger partial charge in [-0.15, -0.1) is 0 Å². The van der Waals surface area contributed by atoms with Crippen LogP contribution in [0.25, 0.3) is 5.69 Å². The molecule has 0 atom stereocenters. The second kappa shape index (κ2) is 4.81. The Balaban J connectivity index is 2.54. The number of hydrogen-bond acceptors (Lipinski definition) is 2. The summed E-state index contributed by atoms with van der Waals surface area (Å²) >= 11 is 0. The van der Waals surface area contributed by atoms with Gasteiger partial charge in [-0.2, -0.15) is 18.3 Å². The maximum atomic E-state index is 12.9. The zero-order chi connectivity index (χ0) is 13.2. The van der Waals surface area contributed by atoms with E-state index in [1.165, 1.54) is 36.2 Å². The van der Waals surface area contributed by atoms with E-state index >= 15 is 0 Å². The molecular weight excluding hydrogens is 245 g/mol. The Labute approximate surface area is 102 Å². The van der Waals surface area contributed by atoms with Crippen molar-refractivity contribution in [3.8, 4) is 5.69 Å². The van der Waals surface area contributed by atoms with Gasteiger partial charge in [0.15, 0.2) is 0 Å². The molecule has 0 saturated heterocycles. The SMILES string of the molecule is COCc1[c]cnn1-c1ccccc1C(F)(F)F. The van der Waals surface area contributed by atoms with E-state index in [1.54, 1.807) is 0 Å². The maximum absolute atomic E-state index is 12.9. The van der Waals surface area contributed by atoms with Gasteiger partial charge in [0.2, 0.25) is 0 Å². The molecule has 0 bridgehead atoms. The van der Waals surface area contributed by atoms with Gasteiger partial charge in [0.1, 0.15) is 0 Å². The van der Waals surface area contributed by atoms with Crippen LogP contribution in [0.2, 0.25) is 0 Å². The maximum Gasteiger partial charge on any atom is 0.418 e. The average Bonchev–Trinajstić information content (AvgIpc) is 2.77. The van der Waals surface area contributed by atoms with Gasteiger partial charge in [-0.3, -0.25) is 0 Å². The zero-order valence-electron chi connectivity index (χ0n) is 9.53. The van der Waals surface area contributed by atoms with Gasteiger partial charge >= 0.3 is 6.18 Å². The lowest BCUT2D eigenvalue weighted by Crippen LogP contribution is -2.13. The summed E-state index contributed by atoms with van der Waals surface area (Å²) in [6, 6.07) is 8.00. The molecule has 0 aliphatic heterocycles. The number of nitrogens with zero attached hydrogens (tertiary/aromatic N) is 2. The summed E-state index contributed by atoms with van der Waals surface area (Å²) in [5.74, 6) is 0. The van der Waals surface area contributed by atoms with Crippen LogP contribution in [-0.2, 0) is 17.5 Å². The van der Waals surface area contributed by atoms with Crippen LogP contribution in [0, 0.1) is 6.07 Å². The highest BCUT2D eigenvalue weighted by Gasteiger charge is 2.34. The molecule has 0 amide bonds. The summed E-state index contributed by atoms with van der Waals surface area (Å²) < 4.78 is 44.7. The predicted octanol–water partition coefficient (Wildman–Crippen LogP) is 2.84. The summed E-state index contributed by atoms with van der Waals surface area (Å²) in [6.07, 6.45) is -3.10. The smallest absolute Gasteiger partial charge is 0.378 e. The standard InChI is InChI=1S/C12H10F3N2O/c1-18-8-9-6-7-16-17(9)11-5-3-2-4-10(11)12(13,14)15/h2-5,7H,8H2,1H3. The normalized spacial score (nSPS) is 11.8.